The summed E-state index contributed by atoms with van der Waals surface area (Å²) in [6, 6.07) is 25.0. The predicted molar refractivity (Wildman–Crippen MR) is 133 cm³/mol. The van der Waals surface area contributed by atoms with Crippen LogP contribution in [0.1, 0.15) is 32.7 Å². The second kappa shape index (κ2) is 8.75. The fraction of sp³-hybridized carbons (Fsp3) is 0.250. The number of benzene rings is 3. The SMILES string of the molecule is COC(=O)c1ccc(Cc2c(C)n(CCN3c4ccccc4CN3C)c3ccccc23)cc1. The number of esters is 1. The number of hydrogen-bond acceptors (Lipinski definition) is 4. The van der Waals surface area contributed by atoms with Gasteiger partial charge in [-0.2, -0.15) is 0 Å². The molecule has 0 saturated carbocycles. The number of anilines is 1. The molecule has 0 fully saturated rings. The van der Waals surface area contributed by atoms with Crippen LogP contribution in [0.2, 0.25) is 0 Å². The number of hydrazine groups is 1. The summed E-state index contributed by atoms with van der Waals surface area (Å²) in [5.41, 5.74) is 8.35. The van der Waals surface area contributed by atoms with Crippen molar-refractivity contribution >= 4 is 22.6 Å². The Morgan fingerprint density at radius 2 is 1.67 bits per heavy atom. The van der Waals surface area contributed by atoms with Gasteiger partial charge in [-0.25, -0.2) is 9.80 Å². The Labute approximate surface area is 194 Å². The number of para-hydroxylation sites is 2. The van der Waals surface area contributed by atoms with Crippen LogP contribution in [-0.2, 0) is 24.2 Å². The van der Waals surface area contributed by atoms with Gasteiger partial charge >= 0.3 is 5.97 Å². The molecule has 168 valence electrons. The van der Waals surface area contributed by atoms with Crippen molar-refractivity contribution in [1.82, 2.24) is 9.58 Å². The highest BCUT2D eigenvalue weighted by Crippen LogP contribution is 2.31. The summed E-state index contributed by atoms with van der Waals surface area (Å²) in [7, 11) is 3.57. The Hall–Kier alpha value is -3.57. The van der Waals surface area contributed by atoms with E-state index in [9.17, 15) is 4.79 Å². The summed E-state index contributed by atoms with van der Waals surface area (Å²) < 4.78 is 7.27. The first kappa shape index (κ1) is 21.3. The number of hydrogen-bond donors (Lipinski definition) is 0. The van der Waals surface area contributed by atoms with E-state index in [1.54, 1.807) is 0 Å². The van der Waals surface area contributed by atoms with E-state index in [4.69, 9.17) is 4.74 Å². The maximum atomic E-state index is 11.8. The number of aromatic nitrogens is 1. The van der Waals surface area contributed by atoms with Gasteiger partial charge in [0.15, 0.2) is 0 Å². The molecule has 4 aromatic rings. The van der Waals surface area contributed by atoms with Crippen LogP contribution in [0, 0.1) is 6.92 Å². The summed E-state index contributed by atoms with van der Waals surface area (Å²) >= 11 is 0. The summed E-state index contributed by atoms with van der Waals surface area (Å²) in [4.78, 5) is 11.8. The summed E-state index contributed by atoms with van der Waals surface area (Å²) in [6.45, 7) is 5.00. The largest absolute Gasteiger partial charge is 0.465 e. The van der Waals surface area contributed by atoms with Gasteiger partial charge in [-0.05, 0) is 54.3 Å². The maximum Gasteiger partial charge on any atom is 0.337 e. The fourth-order valence-corrected chi connectivity index (χ4v) is 4.99. The van der Waals surface area contributed by atoms with Gasteiger partial charge in [0.2, 0.25) is 0 Å². The lowest BCUT2D eigenvalue weighted by atomic mass is 10.0. The van der Waals surface area contributed by atoms with E-state index in [1.807, 2.05) is 24.3 Å². The molecular weight excluding hydrogens is 410 g/mol. The number of carbonyl (C=O) groups excluding carboxylic acids is 1. The standard InChI is InChI=1S/C28H29N3O2/c1-20-25(18-21-12-14-22(15-13-21)28(32)33-3)24-9-5-7-11-27(24)30(20)16-17-31-26-10-6-4-8-23(26)19-29(31)2/h4-15H,16-19H2,1-3H3. The first-order valence-corrected chi connectivity index (χ1v) is 11.4. The molecule has 0 spiro atoms. The zero-order valence-corrected chi connectivity index (χ0v) is 19.4. The highest BCUT2D eigenvalue weighted by Gasteiger charge is 2.24. The molecule has 0 atom stereocenters. The van der Waals surface area contributed by atoms with Crippen LogP contribution in [-0.4, -0.2) is 36.2 Å². The molecule has 5 rings (SSSR count). The monoisotopic (exact) mass is 439 g/mol. The summed E-state index contributed by atoms with van der Waals surface area (Å²) in [5.74, 6) is -0.303. The quantitative estimate of drug-likeness (QED) is 0.387. The minimum atomic E-state index is -0.303. The molecule has 0 unspecified atom stereocenters. The average molecular weight is 440 g/mol. The second-order valence-electron chi connectivity index (χ2n) is 8.67. The van der Waals surface area contributed by atoms with Crippen LogP contribution in [0.25, 0.3) is 10.9 Å². The molecule has 1 aliphatic rings. The Balaban J connectivity index is 1.43. The number of fused-ring (bicyclic) bond motifs is 2. The molecule has 2 heterocycles. The van der Waals surface area contributed by atoms with E-state index in [2.05, 4.69) is 77.1 Å². The van der Waals surface area contributed by atoms with Crippen molar-refractivity contribution in [1.29, 1.82) is 0 Å². The first-order chi connectivity index (χ1) is 16.1. The van der Waals surface area contributed by atoms with Crippen LogP contribution in [0.5, 0.6) is 0 Å². The molecule has 33 heavy (non-hydrogen) atoms. The van der Waals surface area contributed by atoms with Crippen molar-refractivity contribution in [2.24, 2.45) is 0 Å². The third-order valence-electron chi connectivity index (χ3n) is 6.73. The number of nitrogens with zero attached hydrogens (tertiary/aromatic N) is 3. The van der Waals surface area contributed by atoms with Crippen molar-refractivity contribution in [3.63, 3.8) is 0 Å². The molecule has 1 aromatic heterocycles. The van der Waals surface area contributed by atoms with Crippen molar-refractivity contribution < 1.29 is 9.53 Å². The Bertz CT molecular complexity index is 1310. The van der Waals surface area contributed by atoms with Crippen molar-refractivity contribution in [2.75, 3.05) is 25.7 Å². The molecule has 0 amide bonds. The van der Waals surface area contributed by atoms with Crippen LogP contribution >= 0.6 is 0 Å². The fourth-order valence-electron chi connectivity index (χ4n) is 4.99. The number of carbonyl (C=O) groups is 1. The van der Waals surface area contributed by atoms with E-state index in [0.717, 1.165) is 26.1 Å². The molecular formula is C28H29N3O2. The topological polar surface area (TPSA) is 37.7 Å². The molecule has 3 aromatic carbocycles. The van der Waals surface area contributed by atoms with Gasteiger partial charge in [0, 0.05) is 36.7 Å². The number of methoxy groups -OCH3 is 1. The van der Waals surface area contributed by atoms with Crippen LogP contribution < -0.4 is 5.01 Å². The van der Waals surface area contributed by atoms with Gasteiger partial charge in [-0.3, -0.25) is 0 Å². The lowest BCUT2D eigenvalue weighted by Crippen LogP contribution is -2.36. The molecule has 0 N–H and O–H groups in total. The van der Waals surface area contributed by atoms with Crippen molar-refractivity contribution in [2.45, 2.75) is 26.4 Å². The van der Waals surface area contributed by atoms with E-state index < -0.39 is 0 Å². The summed E-state index contributed by atoms with van der Waals surface area (Å²) in [6.07, 6.45) is 0.827. The minimum Gasteiger partial charge on any atom is -0.465 e. The first-order valence-electron chi connectivity index (χ1n) is 11.4. The molecule has 1 aliphatic heterocycles. The third kappa shape index (κ3) is 3.89. The highest BCUT2D eigenvalue weighted by molar-refractivity contribution is 5.89. The van der Waals surface area contributed by atoms with Crippen molar-refractivity contribution in [3.05, 3.63) is 101 Å². The van der Waals surface area contributed by atoms with E-state index in [-0.39, 0.29) is 5.97 Å². The zero-order chi connectivity index (χ0) is 22.9. The Morgan fingerprint density at radius 1 is 0.939 bits per heavy atom. The van der Waals surface area contributed by atoms with Gasteiger partial charge < -0.3 is 14.3 Å². The van der Waals surface area contributed by atoms with Crippen LogP contribution in [0.4, 0.5) is 5.69 Å². The Kier molecular flexibility index (Phi) is 5.65. The van der Waals surface area contributed by atoms with E-state index in [1.165, 1.54) is 46.1 Å². The maximum absolute atomic E-state index is 11.8. The van der Waals surface area contributed by atoms with Gasteiger partial charge in [-0.1, -0.05) is 48.5 Å². The third-order valence-corrected chi connectivity index (χ3v) is 6.73. The van der Waals surface area contributed by atoms with Crippen LogP contribution in [0.3, 0.4) is 0 Å². The molecule has 5 heteroatoms. The van der Waals surface area contributed by atoms with Gasteiger partial charge in [0.25, 0.3) is 0 Å². The highest BCUT2D eigenvalue weighted by atomic mass is 16.5. The number of rotatable bonds is 6. The second-order valence-corrected chi connectivity index (χ2v) is 8.67. The predicted octanol–water partition coefficient (Wildman–Crippen LogP) is 5.19. The van der Waals surface area contributed by atoms with Gasteiger partial charge in [0.1, 0.15) is 0 Å². The number of ether oxygens (including phenoxy) is 1. The molecule has 5 nitrogen and oxygen atoms in total. The van der Waals surface area contributed by atoms with E-state index >= 15 is 0 Å². The average Bonchev–Trinajstić information content (AvgIpc) is 3.30. The van der Waals surface area contributed by atoms with Crippen LogP contribution in [0.15, 0.2) is 72.8 Å². The smallest absolute Gasteiger partial charge is 0.337 e. The molecule has 0 saturated heterocycles. The molecule has 0 radical (unpaired) electrons. The molecule has 0 bridgehead atoms. The van der Waals surface area contributed by atoms with Gasteiger partial charge in [-0.15, -0.1) is 0 Å². The normalized spacial score (nSPS) is 13.5. The minimum absolute atomic E-state index is 0.303. The summed E-state index contributed by atoms with van der Waals surface area (Å²) in [5, 5.41) is 5.98. The lowest BCUT2D eigenvalue weighted by molar-refractivity contribution is 0.0600. The lowest BCUT2D eigenvalue weighted by Gasteiger charge is -2.27. The Morgan fingerprint density at radius 3 is 2.45 bits per heavy atom. The van der Waals surface area contributed by atoms with Gasteiger partial charge in [0.05, 0.1) is 24.9 Å². The zero-order valence-electron chi connectivity index (χ0n) is 19.4. The molecule has 0 aliphatic carbocycles. The van der Waals surface area contributed by atoms with Crippen molar-refractivity contribution in [3.8, 4) is 0 Å². The van der Waals surface area contributed by atoms with E-state index in [0.29, 0.717) is 5.56 Å².